The minimum Gasteiger partial charge on any atom is -0.388 e. The van der Waals surface area contributed by atoms with Gasteiger partial charge in [0, 0.05) is 0 Å². The van der Waals surface area contributed by atoms with E-state index in [4.69, 9.17) is 20.3 Å². The van der Waals surface area contributed by atoms with Crippen molar-refractivity contribution in [2.24, 2.45) is 5.73 Å². The summed E-state index contributed by atoms with van der Waals surface area (Å²) in [6.45, 7) is -0.674. The van der Waals surface area contributed by atoms with Crippen molar-refractivity contribution in [2.75, 3.05) is 6.61 Å². The largest absolute Gasteiger partial charge is 0.469 e. The van der Waals surface area contributed by atoms with Gasteiger partial charge in [0.1, 0.15) is 18.3 Å². The summed E-state index contributed by atoms with van der Waals surface area (Å²) in [7, 11) is -4.70. The Morgan fingerprint density at radius 1 is 1.25 bits per heavy atom. The third-order valence-electron chi connectivity index (χ3n) is 2.18. The Balaban J connectivity index is 2.57. The molecule has 1 rings (SSSR count). The minimum atomic E-state index is -4.70. The highest BCUT2D eigenvalue weighted by Crippen LogP contribution is 2.36. The van der Waals surface area contributed by atoms with Crippen LogP contribution in [0.15, 0.2) is 0 Å². The van der Waals surface area contributed by atoms with Gasteiger partial charge in [-0.05, 0) is 0 Å². The molecule has 0 aromatic carbocycles. The van der Waals surface area contributed by atoms with Gasteiger partial charge in [0.25, 0.3) is 0 Å². The number of hydrogen-bond acceptors (Lipinski definition) is 7. The Kier molecular flexibility index (Phi) is 4.41. The van der Waals surface area contributed by atoms with Crippen molar-refractivity contribution in [2.45, 2.75) is 30.6 Å². The van der Waals surface area contributed by atoms with E-state index in [1.165, 1.54) is 0 Å². The lowest BCUT2D eigenvalue weighted by atomic mass is 9.98. The molecule has 0 aromatic rings. The molecule has 0 radical (unpaired) electrons. The summed E-state index contributed by atoms with van der Waals surface area (Å²) >= 11 is 0. The van der Waals surface area contributed by atoms with Crippen LogP contribution < -0.4 is 5.73 Å². The first-order valence-corrected chi connectivity index (χ1v) is 5.91. The number of phosphoric acid groups is 1. The van der Waals surface area contributed by atoms with Crippen LogP contribution in [0.25, 0.3) is 0 Å². The Morgan fingerprint density at radius 3 is 2.31 bits per heavy atom. The van der Waals surface area contributed by atoms with Gasteiger partial charge in [-0.25, -0.2) is 4.57 Å². The highest BCUT2D eigenvalue weighted by atomic mass is 31.2. The predicted molar refractivity (Wildman–Crippen MR) is 48.9 cm³/mol. The highest BCUT2D eigenvalue weighted by molar-refractivity contribution is 7.46. The van der Waals surface area contributed by atoms with Crippen LogP contribution in [0.2, 0.25) is 0 Å². The zero-order valence-corrected chi connectivity index (χ0v) is 8.97. The van der Waals surface area contributed by atoms with Gasteiger partial charge in [-0.1, -0.05) is 0 Å². The minimum absolute atomic E-state index is 0.674. The van der Waals surface area contributed by atoms with E-state index in [0.29, 0.717) is 0 Å². The quantitative estimate of drug-likeness (QED) is 0.287. The van der Waals surface area contributed by atoms with Crippen LogP contribution in [-0.2, 0) is 13.8 Å². The molecule has 1 unspecified atom stereocenters. The molecule has 0 bridgehead atoms. The second-order valence-electron chi connectivity index (χ2n) is 3.41. The smallest absolute Gasteiger partial charge is 0.388 e. The molecule has 5 atom stereocenters. The summed E-state index contributed by atoms with van der Waals surface area (Å²) in [5.74, 6) is 0. The van der Waals surface area contributed by atoms with Gasteiger partial charge in [-0.3, -0.25) is 4.52 Å². The summed E-state index contributed by atoms with van der Waals surface area (Å²) in [6, 6.07) is -1.19. The van der Waals surface area contributed by atoms with E-state index < -0.39 is 45.1 Å². The van der Waals surface area contributed by atoms with E-state index in [1.54, 1.807) is 0 Å². The third kappa shape index (κ3) is 3.45. The number of aliphatic hydroxyl groups is 3. The SMILES string of the molecule is N[C@H]1C(O)O[C@H](COP(=O)(O)O)[C@@H](O)[C@@H]1O. The van der Waals surface area contributed by atoms with Gasteiger partial charge in [0.2, 0.25) is 0 Å². The van der Waals surface area contributed by atoms with Crippen LogP contribution in [0.4, 0.5) is 0 Å². The summed E-state index contributed by atoms with van der Waals surface area (Å²) in [6.07, 6.45) is -5.76. The molecule has 0 aromatic heterocycles. The summed E-state index contributed by atoms with van der Waals surface area (Å²) in [5.41, 5.74) is 5.28. The van der Waals surface area contributed by atoms with E-state index in [-0.39, 0.29) is 0 Å². The van der Waals surface area contributed by atoms with E-state index in [1.807, 2.05) is 0 Å². The first kappa shape index (κ1) is 14.0. The molecule has 9 nitrogen and oxygen atoms in total. The number of ether oxygens (including phenoxy) is 1. The second-order valence-corrected chi connectivity index (χ2v) is 4.65. The monoisotopic (exact) mass is 259 g/mol. The number of aliphatic hydroxyl groups excluding tert-OH is 3. The molecule has 1 heterocycles. The lowest BCUT2D eigenvalue weighted by molar-refractivity contribution is -0.247. The van der Waals surface area contributed by atoms with Gasteiger partial charge in [0.15, 0.2) is 6.29 Å². The Hall–Kier alpha value is -0.0900. The Morgan fingerprint density at radius 2 is 1.81 bits per heavy atom. The second kappa shape index (κ2) is 5.05. The van der Waals surface area contributed by atoms with Crippen LogP contribution in [0.1, 0.15) is 0 Å². The molecular weight excluding hydrogens is 245 g/mol. The fourth-order valence-corrected chi connectivity index (χ4v) is 1.62. The first-order valence-electron chi connectivity index (χ1n) is 4.37. The average Bonchev–Trinajstić information content (AvgIpc) is 2.17. The predicted octanol–water partition coefficient (Wildman–Crippen LogP) is -3.14. The number of nitrogens with two attached hydrogens (primary N) is 1. The third-order valence-corrected chi connectivity index (χ3v) is 2.66. The average molecular weight is 259 g/mol. The Labute approximate surface area is 90.6 Å². The van der Waals surface area contributed by atoms with Crippen molar-refractivity contribution in [3.05, 3.63) is 0 Å². The number of hydrogen-bond donors (Lipinski definition) is 6. The molecule has 1 fully saturated rings. The number of rotatable bonds is 3. The molecule has 1 aliphatic rings. The number of phosphoric ester groups is 1. The van der Waals surface area contributed by atoms with Crippen LogP contribution in [-0.4, -0.2) is 62.4 Å². The molecule has 7 N–H and O–H groups in total. The molecule has 1 aliphatic heterocycles. The molecule has 16 heavy (non-hydrogen) atoms. The van der Waals surface area contributed by atoms with E-state index >= 15 is 0 Å². The lowest BCUT2D eigenvalue weighted by Gasteiger charge is -2.38. The van der Waals surface area contributed by atoms with E-state index in [0.717, 1.165) is 0 Å². The molecule has 96 valence electrons. The van der Waals surface area contributed by atoms with Gasteiger partial charge in [-0.15, -0.1) is 0 Å². The fraction of sp³-hybridized carbons (Fsp3) is 1.00. The van der Waals surface area contributed by atoms with Gasteiger partial charge >= 0.3 is 7.82 Å². The highest BCUT2D eigenvalue weighted by Gasteiger charge is 2.42. The normalized spacial score (nSPS) is 41.0. The standard InChI is InChI=1S/C6H14NO8P/c7-3-5(9)4(8)2(15-6(3)10)1-14-16(11,12)13/h2-6,8-10H,1,7H2,(H2,11,12,13)/t2-,3-,4-,5-,6?/m1/s1. The molecule has 0 saturated carbocycles. The maximum atomic E-state index is 10.4. The Bertz CT molecular complexity index is 282. The van der Waals surface area contributed by atoms with Crippen molar-refractivity contribution in [3.63, 3.8) is 0 Å². The van der Waals surface area contributed by atoms with Gasteiger partial charge < -0.3 is 35.6 Å². The maximum absolute atomic E-state index is 10.4. The molecule has 0 amide bonds. The van der Waals surface area contributed by atoms with Crippen molar-refractivity contribution < 1.29 is 38.9 Å². The van der Waals surface area contributed by atoms with Crippen molar-refractivity contribution in [3.8, 4) is 0 Å². The van der Waals surface area contributed by atoms with Crippen molar-refractivity contribution >= 4 is 7.82 Å². The lowest BCUT2D eigenvalue weighted by Crippen LogP contribution is -2.61. The van der Waals surface area contributed by atoms with Crippen molar-refractivity contribution in [1.82, 2.24) is 0 Å². The zero-order valence-electron chi connectivity index (χ0n) is 8.08. The van der Waals surface area contributed by atoms with Crippen molar-refractivity contribution in [1.29, 1.82) is 0 Å². The van der Waals surface area contributed by atoms with Crippen LogP contribution >= 0.6 is 7.82 Å². The van der Waals surface area contributed by atoms with Gasteiger partial charge in [-0.2, -0.15) is 0 Å². The summed E-state index contributed by atoms with van der Waals surface area (Å²) in [4.78, 5) is 16.8. The van der Waals surface area contributed by atoms with Crippen LogP contribution in [0, 0.1) is 0 Å². The zero-order chi connectivity index (χ0) is 12.5. The topological polar surface area (TPSA) is 163 Å². The summed E-state index contributed by atoms with van der Waals surface area (Å²) < 4.78 is 19.2. The molecule has 0 aliphatic carbocycles. The molecule has 0 spiro atoms. The summed E-state index contributed by atoms with van der Waals surface area (Å²) in [5, 5.41) is 28.0. The molecule has 10 heteroatoms. The van der Waals surface area contributed by atoms with Crippen LogP contribution in [0.3, 0.4) is 0 Å². The van der Waals surface area contributed by atoms with E-state index in [2.05, 4.69) is 4.52 Å². The van der Waals surface area contributed by atoms with Crippen LogP contribution in [0.5, 0.6) is 0 Å². The maximum Gasteiger partial charge on any atom is 0.469 e. The van der Waals surface area contributed by atoms with E-state index in [9.17, 15) is 19.9 Å². The molecular formula is C6H14NO8P. The van der Waals surface area contributed by atoms with Gasteiger partial charge in [0.05, 0.1) is 12.6 Å². The molecule has 1 saturated heterocycles. The fourth-order valence-electron chi connectivity index (χ4n) is 1.28. The first-order chi connectivity index (χ1) is 7.22.